The van der Waals surface area contributed by atoms with E-state index in [0.717, 1.165) is 18.6 Å². The minimum Gasteiger partial charge on any atom is -0.354 e. The Morgan fingerprint density at radius 1 is 1.23 bits per heavy atom. The summed E-state index contributed by atoms with van der Waals surface area (Å²) >= 11 is 0. The molecule has 1 aromatic carbocycles. The third-order valence-electron chi connectivity index (χ3n) is 4.29. The van der Waals surface area contributed by atoms with E-state index >= 15 is 0 Å². The Labute approximate surface area is 153 Å². The summed E-state index contributed by atoms with van der Waals surface area (Å²) in [6, 6.07) is 3.79. The third kappa shape index (κ3) is 5.01. The normalized spacial score (nSPS) is 19.5. The maximum Gasteiger partial charge on any atom is 0.263 e. The Morgan fingerprint density at radius 3 is 2.38 bits per heavy atom. The molecule has 1 saturated heterocycles. The molecule has 26 heavy (non-hydrogen) atoms. The number of carbonyl (C=O) groups is 1. The van der Waals surface area contributed by atoms with Crippen LogP contribution < -0.4 is 5.32 Å². The first-order chi connectivity index (χ1) is 12.0. The summed E-state index contributed by atoms with van der Waals surface area (Å²) in [4.78, 5) is 12.5. The van der Waals surface area contributed by atoms with E-state index in [1.165, 1.54) is 16.4 Å². The van der Waals surface area contributed by atoms with Crippen LogP contribution >= 0.6 is 0 Å². The van der Waals surface area contributed by atoms with Gasteiger partial charge in [0.2, 0.25) is 15.9 Å². The summed E-state index contributed by atoms with van der Waals surface area (Å²) in [6.45, 7) is 6.62. The highest BCUT2D eigenvalue weighted by atomic mass is 32.2. The first kappa shape index (κ1) is 20.8. The molecule has 0 saturated carbocycles. The van der Waals surface area contributed by atoms with Crippen LogP contribution in [0.15, 0.2) is 29.2 Å². The van der Waals surface area contributed by atoms with Crippen LogP contribution in [-0.4, -0.2) is 37.8 Å². The van der Waals surface area contributed by atoms with Crippen molar-refractivity contribution in [1.82, 2.24) is 9.62 Å². The molecule has 1 atom stereocenters. The van der Waals surface area contributed by atoms with E-state index in [1.807, 2.05) is 20.8 Å². The van der Waals surface area contributed by atoms with Gasteiger partial charge in [-0.1, -0.05) is 39.3 Å². The van der Waals surface area contributed by atoms with Crippen LogP contribution in [0.25, 0.3) is 0 Å². The fraction of sp³-hybridized carbons (Fsp3) is 0.611. The molecule has 1 aliphatic heterocycles. The molecular formula is C18H26F2N2O3S. The van der Waals surface area contributed by atoms with Crippen molar-refractivity contribution in [1.29, 1.82) is 0 Å². The second-order valence-corrected chi connectivity index (χ2v) is 9.67. The van der Waals surface area contributed by atoms with Crippen molar-refractivity contribution in [3.63, 3.8) is 0 Å². The first-order valence-electron chi connectivity index (χ1n) is 8.70. The van der Waals surface area contributed by atoms with Crippen LogP contribution in [0.1, 0.15) is 52.0 Å². The maximum atomic E-state index is 12.9. The number of carbonyl (C=O) groups excluding carboxylic acids is 1. The first-order valence-corrected chi connectivity index (χ1v) is 10.1. The van der Waals surface area contributed by atoms with E-state index in [1.54, 1.807) is 0 Å². The van der Waals surface area contributed by atoms with Gasteiger partial charge in [-0.2, -0.15) is 4.31 Å². The Morgan fingerprint density at radius 2 is 1.85 bits per heavy atom. The second-order valence-electron chi connectivity index (χ2n) is 7.78. The van der Waals surface area contributed by atoms with Crippen LogP contribution in [0.5, 0.6) is 0 Å². The van der Waals surface area contributed by atoms with Crippen LogP contribution in [0, 0.1) is 5.41 Å². The molecule has 0 aliphatic carbocycles. The lowest BCUT2D eigenvalue weighted by Gasteiger charge is -2.34. The third-order valence-corrected chi connectivity index (χ3v) is 6.21. The molecule has 1 aromatic rings. The van der Waals surface area contributed by atoms with Gasteiger partial charge in [-0.3, -0.25) is 4.79 Å². The molecule has 8 heteroatoms. The Bertz CT molecular complexity index is 728. The van der Waals surface area contributed by atoms with E-state index in [0.29, 0.717) is 19.4 Å². The quantitative estimate of drug-likeness (QED) is 0.841. The van der Waals surface area contributed by atoms with Gasteiger partial charge in [0.05, 0.1) is 4.90 Å². The molecule has 2 rings (SSSR count). The molecule has 0 bridgehead atoms. The number of nitrogens with zero attached hydrogens (tertiary/aromatic N) is 1. The fourth-order valence-electron chi connectivity index (χ4n) is 2.85. The predicted molar refractivity (Wildman–Crippen MR) is 95.4 cm³/mol. The van der Waals surface area contributed by atoms with E-state index in [2.05, 4.69) is 5.32 Å². The van der Waals surface area contributed by atoms with Gasteiger partial charge in [0.1, 0.15) is 6.04 Å². The number of hydrogen-bond acceptors (Lipinski definition) is 3. The molecule has 1 heterocycles. The Balaban J connectivity index is 2.22. The topological polar surface area (TPSA) is 66.5 Å². The number of amides is 1. The van der Waals surface area contributed by atoms with Gasteiger partial charge in [-0.15, -0.1) is 0 Å². The van der Waals surface area contributed by atoms with Gasteiger partial charge in [0.15, 0.2) is 0 Å². The summed E-state index contributed by atoms with van der Waals surface area (Å²) < 4.78 is 52.5. The molecule has 1 fully saturated rings. The van der Waals surface area contributed by atoms with E-state index in [-0.39, 0.29) is 28.3 Å². The zero-order valence-electron chi connectivity index (χ0n) is 15.3. The lowest BCUT2D eigenvalue weighted by Crippen LogP contribution is -2.52. The van der Waals surface area contributed by atoms with E-state index in [4.69, 9.17) is 0 Å². The monoisotopic (exact) mass is 388 g/mol. The number of nitrogens with one attached hydrogen (secondary N) is 1. The van der Waals surface area contributed by atoms with Gasteiger partial charge in [0.25, 0.3) is 6.43 Å². The molecule has 5 nitrogen and oxygen atoms in total. The average molecular weight is 388 g/mol. The number of hydrogen-bond donors (Lipinski definition) is 1. The lowest BCUT2D eigenvalue weighted by atomic mass is 9.96. The Kier molecular flexibility index (Phi) is 6.39. The maximum absolute atomic E-state index is 12.9. The SMILES string of the molecule is CC(C)(C)CNC(=O)[C@H]1CCCCN1S(=O)(=O)c1ccc(C(F)F)cc1. The van der Waals surface area contributed by atoms with Crippen LogP contribution in [0.4, 0.5) is 8.78 Å². The highest BCUT2D eigenvalue weighted by Crippen LogP contribution is 2.27. The number of rotatable bonds is 5. The highest BCUT2D eigenvalue weighted by molar-refractivity contribution is 7.89. The summed E-state index contributed by atoms with van der Waals surface area (Å²) in [5.41, 5.74) is -0.346. The average Bonchev–Trinajstić information content (AvgIpc) is 2.59. The van der Waals surface area contributed by atoms with Crippen molar-refractivity contribution in [3.8, 4) is 0 Å². The molecule has 0 radical (unpaired) electrons. The molecular weight excluding hydrogens is 362 g/mol. The zero-order valence-corrected chi connectivity index (χ0v) is 16.2. The number of piperidine rings is 1. The minimum absolute atomic E-state index is 0.0718. The summed E-state index contributed by atoms with van der Waals surface area (Å²) in [5, 5.41) is 2.83. The standard InChI is InChI=1S/C18H26F2N2O3S/c1-18(2,3)12-21-17(23)15-6-4-5-11-22(15)26(24,25)14-9-7-13(8-10-14)16(19)20/h7-10,15-16H,4-6,11-12H2,1-3H3,(H,21,23)/t15-/m1/s1. The zero-order chi connectivity index (χ0) is 19.5. The van der Waals surface area contributed by atoms with Crippen molar-refractivity contribution in [3.05, 3.63) is 29.8 Å². The molecule has 0 unspecified atom stereocenters. The molecule has 1 amide bonds. The van der Waals surface area contributed by atoms with Crippen LogP contribution in [-0.2, 0) is 14.8 Å². The van der Waals surface area contributed by atoms with Crippen molar-refractivity contribution in [2.24, 2.45) is 5.41 Å². The van der Waals surface area contributed by atoms with Crippen LogP contribution in [0.3, 0.4) is 0 Å². The van der Waals surface area contributed by atoms with Crippen molar-refractivity contribution in [2.75, 3.05) is 13.1 Å². The molecule has 0 spiro atoms. The van der Waals surface area contributed by atoms with Crippen molar-refractivity contribution in [2.45, 2.75) is 57.4 Å². The minimum atomic E-state index is -3.92. The number of alkyl halides is 2. The van der Waals surface area contributed by atoms with Gasteiger partial charge in [-0.25, -0.2) is 17.2 Å². The predicted octanol–water partition coefficient (Wildman–Crippen LogP) is 3.33. The number of benzene rings is 1. The molecule has 0 aromatic heterocycles. The summed E-state index contributed by atoms with van der Waals surface area (Å²) in [7, 11) is -3.92. The fourth-order valence-corrected chi connectivity index (χ4v) is 4.50. The van der Waals surface area contributed by atoms with Crippen molar-refractivity contribution >= 4 is 15.9 Å². The lowest BCUT2D eigenvalue weighted by molar-refractivity contribution is -0.126. The number of sulfonamides is 1. The smallest absolute Gasteiger partial charge is 0.263 e. The van der Waals surface area contributed by atoms with Crippen molar-refractivity contribution < 1.29 is 22.0 Å². The largest absolute Gasteiger partial charge is 0.354 e. The number of halogens is 2. The summed E-state index contributed by atoms with van der Waals surface area (Å²) in [6.07, 6.45) is -0.774. The van der Waals surface area contributed by atoms with Gasteiger partial charge < -0.3 is 5.32 Å². The van der Waals surface area contributed by atoms with Gasteiger partial charge in [-0.05, 0) is 30.4 Å². The highest BCUT2D eigenvalue weighted by Gasteiger charge is 2.37. The van der Waals surface area contributed by atoms with E-state index < -0.39 is 22.5 Å². The molecule has 1 N–H and O–H groups in total. The second kappa shape index (κ2) is 8.00. The van der Waals surface area contributed by atoms with Crippen LogP contribution in [0.2, 0.25) is 0 Å². The van der Waals surface area contributed by atoms with Gasteiger partial charge >= 0.3 is 0 Å². The summed E-state index contributed by atoms with van der Waals surface area (Å²) in [5.74, 6) is -0.313. The molecule has 1 aliphatic rings. The molecule has 146 valence electrons. The Hall–Kier alpha value is -1.54. The van der Waals surface area contributed by atoms with Gasteiger partial charge in [0, 0.05) is 18.7 Å². The van der Waals surface area contributed by atoms with E-state index in [9.17, 15) is 22.0 Å².